The Kier molecular flexibility index (Phi) is 5.83. The van der Waals surface area contributed by atoms with Gasteiger partial charge >= 0.3 is 0 Å². The van der Waals surface area contributed by atoms with Crippen molar-refractivity contribution in [3.8, 4) is 0 Å². The maximum atomic E-state index is 12.7. The Morgan fingerprint density at radius 3 is 2.73 bits per heavy atom. The van der Waals surface area contributed by atoms with Crippen molar-refractivity contribution >= 4 is 33.6 Å². The van der Waals surface area contributed by atoms with Crippen LogP contribution in [0.3, 0.4) is 0 Å². The van der Waals surface area contributed by atoms with E-state index in [1.807, 2.05) is 29.2 Å². The van der Waals surface area contributed by atoms with E-state index < -0.39 is 0 Å². The van der Waals surface area contributed by atoms with Crippen LogP contribution in [0, 0.1) is 0 Å². The summed E-state index contributed by atoms with van der Waals surface area (Å²) < 4.78 is 0.967. The summed E-state index contributed by atoms with van der Waals surface area (Å²) in [6, 6.07) is 8.46. The molecule has 0 N–H and O–H groups in total. The van der Waals surface area contributed by atoms with Crippen molar-refractivity contribution in [3.05, 3.63) is 34.3 Å². The molecule has 0 unspecified atom stereocenters. The van der Waals surface area contributed by atoms with Gasteiger partial charge in [0.1, 0.15) is 0 Å². The number of nitrogens with zero attached hydrogens (tertiary/aromatic N) is 2. The van der Waals surface area contributed by atoms with E-state index >= 15 is 0 Å². The number of amides is 1. The summed E-state index contributed by atoms with van der Waals surface area (Å²) in [5.74, 6) is 2.76. The summed E-state index contributed by atoms with van der Waals surface area (Å²) in [4.78, 5) is 17.3. The van der Waals surface area contributed by atoms with Crippen LogP contribution in [-0.4, -0.2) is 59.4 Å². The molecule has 1 aromatic carbocycles. The lowest BCUT2D eigenvalue weighted by molar-refractivity contribution is 0.0757. The fourth-order valence-corrected chi connectivity index (χ4v) is 4.84. The molecule has 2 fully saturated rings. The normalized spacial score (nSPS) is 21.6. The molecular weight excluding hydrogens is 360 g/mol. The highest BCUT2D eigenvalue weighted by Crippen LogP contribution is 2.23. The Morgan fingerprint density at radius 1 is 1.14 bits per heavy atom. The first-order valence-corrected chi connectivity index (χ1v) is 10.1. The molecule has 0 aromatic heterocycles. The molecule has 3 rings (SSSR count). The zero-order chi connectivity index (χ0) is 15.4. The smallest absolute Gasteiger partial charge is 0.253 e. The number of carbonyl (C=O) groups excluding carboxylic acids is 1. The molecule has 2 aliphatic heterocycles. The third-order valence-corrected chi connectivity index (χ3v) is 6.14. The largest absolute Gasteiger partial charge is 0.337 e. The van der Waals surface area contributed by atoms with E-state index in [2.05, 4.69) is 32.6 Å². The highest BCUT2D eigenvalue weighted by molar-refractivity contribution is 9.10. The van der Waals surface area contributed by atoms with E-state index in [9.17, 15) is 4.79 Å². The highest BCUT2D eigenvalue weighted by Gasteiger charge is 2.25. The molecule has 0 radical (unpaired) electrons. The second kappa shape index (κ2) is 7.84. The van der Waals surface area contributed by atoms with Crippen LogP contribution >= 0.6 is 27.7 Å². The maximum Gasteiger partial charge on any atom is 0.253 e. The predicted molar refractivity (Wildman–Crippen MR) is 96.6 cm³/mol. The summed E-state index contributed by atoms with van der Waals surface area (Å²) in [6.45, 7) is 3.89. The van der Waals surface area contributed by atoms with Crippen molar-refractivity contribution in [1.82, 2.24) is 9.80 Å². The number of hydrogen-bond acceptors (Lipinski definition) is 3. The number of rotatable bonds is 2. The molecule has 3 nitrogen and oxygen atoms in total. The molecule has 2 heterocycles. The maximum absolute atomic E-state index is 12.7. The average Bonchev–Trinajstić information content (AvgIpc) is 2.81. The molecule has 5 heteroatoms. The predicted octanol–water partition coefficient (Wildman–Crippen LogP) is 3.49. The second-order valence-corrected chi connectivity index (χ2v) is 8.18. The van der Waals surface area contributed by atoms with Gasteiger partial charge in [-0.1, -0.05) is 22.0 Å². The third-order valence-electron chi connectivity index (χ3n) is 4.60. The monoisotopic (exact) mass is 382 g/mol. The minimum absolute atomic E-state index is 0.169. The molecule has 0 spiro atoms. The Bertz CT molecular complexity index is 519. The first-order chi connectivity index (χ1) is 10.7. The Labute approximate surface area is 145 Å². The van der Waals surface area contributed by atoms with Crippen LogP contribution in [0.15, 0.2) is 28.7 Å². The number of halogens is 1. The van der Waals surface area contributed by atoms with Crippen LogP contribution in [-0.2, 0) is 0 Å². The molecule has 120 valence electrons. The van der Waals surface area contributed by atoms with E-state index in [1.54, 1.807) is 0 Å². The topological polar surface area (TPSA) is 23.6 Å². The Morgan fingerprint density at radius 2 is 1.95 bits per heavy atom. The van der Waals surface area contributed by atoms with Crippen LogP contribution in [0.5, 0.6) is 0 Å². The average molecular weight is 383 g/mol. The molecule has 0 aliphatic carbocycles. The van der Waals surface area contributed by atoms with Gasteiger partial charge in [0, 0.05) is 42.3 Å². The van der Waals surface area contributed by atoms with Gasteiger partial charge in [-0.05, 0) is 49.0 Å². The molecular formula is C17H23BrN2OS. The van der Waals surface area contributed by atoms with Gasteiger partial charge in [0.15, 0.2) is 0 Å². The quantitative estimate of drug-likeness (QED) is 0.781. The van der Waals surface area contributed by atoms with E-state index in [0.29, 0.717) is 0 Å². The van der Waals surface area contributed by atoms with Crippen molar-refractivity contribution in [2.45, 2.75) is 25.3 Å². The summed E-state index contributed by atoms with van der Waals surface area (Å²) in [7, 11) is 0. The van der Waals surface area contributed by atoms with Crippen LogP contribution in [0.25, 0.3) is 0 Å². The summed E-state index contributed by atoms with van der Waals surface area (Å²) in [6.07, 6.45) is 3.71. The number of carbonyl (C=O) groups is 1. The Hall–Kier alpha value is -0.520. The number of benzene rings is 1. The Balaban J connectivity index is 1.61. The van der Waals surface area contributed by atoms with Gasteiger partial charge in [0.2, 0.25) is 0 Å². The van der Waals surface area contributed by atoms with Gasteiger partial charge in [0.05, 0.1) is 0 Å². The van der Waals surface area contributed by atoms with Crippen LogP contribution in [0.1, 0.15) is 29.6 Å². The zero-order valence-corrected chi connectivity index (χ0v) is 15.2. The van der Waals surface area contributed by atoms with Crippen LogP contribution in [0.2, 0.25) is 0 Å². The molecule has 22 heavy (non-hydrogen) atoms. The molecule has 0 bridgehead atoms. The summed E-state index contributed by atoms with van der Waals surface area (Å²) in [5, 5.41) is 0. The SMILES string of the molecule is O=C(c1cccc(Br)c1)N1CCCN(C2CCSCC2)CC1. The van der Waals surface area contributed by atoms with Gasteiger partial charge in [0.25, 0.3) is 5.91 Å². The lowest BCUT2D eigenvalue weighted by Gasteiger charge is -2.33. The van der Waals surface area contributed by atoms with Crippen molar-refractivity contribution in [2.24, 2.45) is 0 Å². The van der Waals surface area contributed by atoms with Crippen molar-refractivity contribution in [1.29, 1.82) is 0 Å². The summed E-state index contributed by atoms with van der Waals surface area (Å²) in [5.41, 5.74) is 0.789. The van der Waals surface area contributed by atoms with Crippen LogP contribution < -0.4 is 0 Å². The fraction of sp³-hybridized carbons (Fsp3) is 0.588. The number of thioether (sulfide) groups is 1. The summed E-state index contributed by atoms with van der Waals surface area (Å²) >= 11 is 5.53. The van der Waals surface area contributed by atoms with Crippen LogP contribution in [0.4, 0.5) is 0 Å². The first-order valence-electron chi connectivity index (χ1n) is 8.11. The standard InChI is InChI=1S/C17H23BrN2OS/c18-15-4-1-3-14(13-15)17(21)20-8-2-7-19(9-10-20)16-5-11-22-12-6-16/h1,3-4,13,16H,2,5-12H2. The molecule has 2 saturated heterocycles. The lowest BCUT2D eigenvalue weighted by atomic mass is 10.1. The first kappa shape index (κ1) is 16.3. The molecule has 1 aromatic rings. The molecule has 2 aliphatic rings. The van der Waals surface area contributed by atoms with E-state index in [-0.39, 0.29) is 5.91 Å². The van der Waals surface area contributed by atoms with Gasteiger partial charge in [-0.3, -0.25) is 9.69 Å². The number of hydrogen-bond donors (Lipinski definition) is 0. The van der Waals surface area contributed by atoms with Gasteiger partial charge < -0.3 is 4.90 Å². The minimum atomic E-state index is 0.169. The zero-order valence-electron chi connectivity index (χ0n) is 12.8. The molecule has 0 saturated carbocycles. The molecule has 1 amide bonds. The van der Waals surface area contributed by atoms with E-state index in [1.165, 1.54) is 24.3 Å². The van der Waals surface area contributed by atoms with Crippen molar-refractivity contribution in [3.63, 3.8) is 0 Å². The van der Waals surface area contributed by atoms with Gasteiger partial charge in [-0.15, -0.1) is 0 Å². The van der Waals surface area contributed by atoms with Gasteiger partial charge in [-0.25, -0.2) is 0 Å². The van der Waals surface area contributed by atoms with E-state index in [4.69, 9.17) is 0 Å². The van der Waals surface area contributed by atoms with Gasteiger partial charge in [-0.2, -0.15) is 11.8 Å². The highest BCUT2D eigenvalue weighted by atomic mass is 79.9. The third kappa shape index (κ3) is 4.06. The van der Waals surface area contributed by atoms with Crippen molar-refractivity contribution < 1.29 is 4.79 Å². The van der Waals surface area contributed by atoms with E-state index in [0.717, 1.165) is 48.7 Å². The lowest BCUT2D eigenvalue weighted by Crippen LogP contribution is -2.41. The fourth-order valence-electron chi connectivity index (χ4n) is 3.36. The minimum Gasteiger partial charge on any atom is -0.337 e. The second-order valence-electron chi connectivity index (χ2n) is 6.04. The van der Waals surface area contributed by atoms with Crippen molar-refractivity contribution in [2.75, 3.05) is 37.7 Å². The molecule has 0 atom stereocenters.